The van der Waals surface area contributed by atoms with Crippen LogP contribution >= 0.6 is 0 Å². The first-order valence-electron chi connectivity index (χ1n) is 4.28. The maximum atomic E-state index is 11.3. The number of amides is 1. The molecule has 0 radical (unpaired) electrons. The quantitative estimate of drug-likeness (QED) is 0.693. The Bertz CT molecular complexity index is 332. The van der Waals surface area contributed by atoms with Crippen LogP contribution in [-0.4, -0.2) is 5.91 Å². The molecule has 0 saturated heterocycles. The van der Waals surface area contributed by atoms with E-state index < -0.39 is 11.4 Å². The Labute approximate surface area is 82.6 Å². The minimum Gasteiger partial charge on any atom is -0.467 e. The molecule has 2 atom stereocenters. The number of primary amides is 1. The Morgan fingerprint density at radius 2 is 2.43 bits per heavy atom. The zero-order valence-electron chi connectivity index (χ0n) is 8.07. The maximum absolute atomic E-state index is 11.3. The molecule has 1 amide bonds. The molecule has 76 valence electrons. The SMILES string of the molecule is C=CC(C)[C@@](N)(C(N)=O)c1ccco1. The molecule has 0 aliphatic carbocycles. The van der Waals surface area contributed by atoms with E-state index in [1.54, 1.807) is 25.1 Å². The van der Waals surface area contributed by atoms with Crippen molar-refractivity contribution < 1.29 is 9.21 Å². The average Bonchev–Trinajstić information content (AvgIpc) is 2.68. The molecule has 0 bridgehead atoms. The predicted octanol–water partition coefficient (Wildman–Crippen LogP) is 0.741. The Hall–Kier alpha value is -1.55. The summed E-state index contributed by atoms with van der Waals surface area (Å²) in [6.45, 7) is 5.35. The molecule has 0 aliphatic heterocycles. The van der Waals surface area contributed by atoms with Crippen molar-refractivity contribution in [1.82, 2.24) is 0 Å². The van der Waals surface area contributed by atoms with E-state index in [0.29, 0.717) is 5.76 Å². The topological polar surface area (TPSA) is 82.2 Å². The maximum Gasteiger partial charge on any atom is 0.246 e. The summed E-state index contributed by atoms with van der Waals surface area (Å²) in [6.07, 6.45) is 3.03. The van der Waals surface area contributed by atoms with Crippen LogP contribution in [0.4, 0.5) is 0 Å². The van der Waals surface area contributed by atoms with Crippen molar-refractivity contribution in [3.05, 3.63) is 36.8 Å². The normalized spacial score (nSPS) is 17.0. The second-order valence-electron chi connectivity index (χ2n) is 3.23. The van der Waals surface area contributed by atoms with Gasteiger partial charge in [0, 0.05) is 5.92 Å². The van der Waals surface area contributed by atoms with Crippen molar-refractivity contribution >= 4 is 5.91 Å². The molecule has 1 aromatic rings. The van der Waals surface area contributed by atoms with Crippen LogP contribution in [0.1, 0.15) is 12.7 Å². The molecule has 4 N–H and O–H groups in total. The van der Waals surface area contributed by atoms with Gasteiger partial charge >= 0.3 is 0 Å². The minimum atomic E-state index is -1.31. The monoisotopic (exact) mass is 194 g/mol. The zero-order valence-corrected chi connectivity index (χ0v) is 8.07. The number of rotatable bonds is 4. The molecule has 0 spiro atoms. The molecule has 0 aliphatic rings. The Kier molecular flexibility index (Phi) is 2.76. The molecule has 1 aromatic heterocycles. The highest BCUT2D eigenvalue weighted by Gasteiger charge is 2.41. The number of nitrogens with two attached hydrogens (primary N) is 2. The summed E-state index contributed by atoms with van der Waals surface area (Å²) in [6, 6.07) is 3.29. The average molecular weight is 194 g/mol. The van der Waals surface area contributed by atoms with Crippen LogP contribution in [0.3, 0.4) is 0 Å². The van der Waals surface area contributed by atoms with Crippen LogP contribution < -0.4 is 11.5 Å². The van der Waals surface area contributed by atoms with Gasteiger partial charge in [-0.15, -0.1) is 6.58 Å². The summed E-state index contributed by atoms with van der Waals surface area (Å²) in [4.78, 5) is 11.3. The summed E-state index contributed by atoms with van der Waals surface area (Å²) in [7, 11) is 0. The minimum absolute atomic E-state index is 0.286. The van der Waals surface area contributed by atoms with Gasteiger partial charge in [-0.05, 0) is 12.1 Å². The van der Waals surface area contributed by atoms with Crippen LogP contribution in [0.15, 0.2) is 35.5 Å². The number of hydrogen-bond donors (Lipinski definition) is 2. The molecule has 1 unspecified atom stereocenters. The third-order valence-electron chi connectivity index (χ3n) is 2.41. The third-order valence-corrected chi connectivity index (χ3v) is 2.41. The van der Waals surface area contributed by atoms with Crippen molar-refractivity contribution in [2.45, 2.75) is 12.5 Å². The predicted molar refractivity (Wildman–Crippen MR) is 53.1 cm³/mol. The van der Waals surface area contributed by atoms with Gasteiger partial charge in [-0.2, -0.15) is 0 Å². The van der Waals surface area contributed by atoms with Crippen molar-refractivity contribution in [1.29, 1.82) is 0 Å². The number of furan rings is 1. The number of carbonyl (C=O) groups excluding carboxylic acids is 1. The first kappa shape index (κ1) is 10.5. The van der Waals surface area contributed by atoms with Crippen molar-refractivity contribution in [2.24, 2.45) is 17.4 Å². The first-order valence-corrected chi connectivity index (χ1v) is 4.28. The summed E-state index contributed by atoms with van der Waals surface area (Å²) in [5.74, 6) is -0.552. The molecular formula is C10H14N2O2. The zero-order chi connectivity index (χ0) is 10.8. The number of carbonyl (C=O) groups is 1. The summed E-state index contributed by atoms with van der Waals surface area (Å²) < 4.78 is 5.11. The molecule has 1 heterocycles. The van der Waals surface area contributed by atoms with Gasteiger partial charge in [0.15, 0.2) is 5.54 Å². The van der Waals surface area contributed by atoms with Gasteiger partial charge in [-0.3, -0.25) is 4.79 Å². The molecule has 4 nitrogen and oxygen atoms in total. The lowest BCUT2D eigenvalue weighted by Crippen LogP contribution is -2.53. The lowest BCUT2D eigenvalue weighted by Gasteiger charge is -2.28. The Morgan fingerprint density at radius 1 is 1.79 bits per heavy atom. The van der Waals surface area contributed by atoms with Crippen molar-refractivity contribution in [2.75, 3.05) is 0 Å². The molecule has 0 aromatic carbocycles. The fourth-order valence-corrected chi connectivity index (χ4v) is 1.27. The second kappa shape index (κ2) is 3.67. The standard InChI is InChI=1S/C10H14N2O2/c1-3-7(2)10(12,9(11)13)8-5-4-6-14-8/h3-7H,1,12H2,2H3,(H2,11,13)/t7?,10-/m0/s1. The molecule has 0 saturated carbocycles. The van der Waals surface area contributed by atoms with Gasteiger partial charge < -0.3 is 15.9 Å². The van der Waals surface area contributed by atoms with Crippen LogP contribution in [-0.2, 0) is 10.3 Å². The van der Waals surface area contributed by atoms with Crippen LogP contribution in [0.2, 0.25) is 0 Å². The lowest BCUT2D eigenvalue weighted by molar-refractivity contribution is -0.125. The van der Waals surface area contributed by atoms with Gasteiger partial charge in [0.25, 0.3) is 0 Å². The highest BCUT2D eigenvalue weighted by molar-refractivity contribution is 5.85. The van der Waals surface area contributed by atoms with E-state index in [4.69, 9.17) is 15.9 Å². The van der Waals surface area contributed by atoms with E-state index in [2.05, 4.69) is 6.58 Å². The number of hydrogen-bond acceptors (Lipinski definition) is 3. The van der Waals surface area contributed by atoms with Gasteiger partial charge in [-0.25, -0.2) is 0 Å². The van der Waals surface area contributed by atoms with E-state index in [1.807, 2.05) is 0 Å². The van der Waals surface area contributed by atoms with Crippen LogP contribution in [0.25, 0.3) is 0 Å². The third kappa shape index (κ3) is 1.44. The Morgan fingerprint density at radius 3 is 2.79 bits per heavy atom. The molecular weight excluding hydrogens is 180 g/mol. The summed E-state index contributed by atoms with van der Waals surface area (Å²) >= 11 is 0. The van der Waals surface area contributed by atoms with E-state index in [-0.39, 0.29) is 5.92 Å². The van der Waals surface area contributed by atoms with Gasteiger partial charge in [0.2, 0.25) is 5.91 Å². The molecule has 0 fully saturated rings. The first-order chi connectivity index (χ1) is 6.53. The molecule has 14 heavy (non-hydrogen) atoms. The second-order valence-corrected chi connectivity index (χ2v) is 3.23. The smallest absolute Gasteiger partial charge is 0.246 e. The van der Waals surface area contributed by atoms with Crippen LogP contribution in [0.5, 0.6) is 0 Å². The van der Waals surface area contributed by atoms with Crippen molar-refractivity contribution in [3.63, 3.8) is 0 Å². The van der Waals surface area contributed by atoms with Gasteiger partial charge in [-0.1, -0.05) is 13.0 Å². The van der Waals surface area contributed by atoms with E-state index in [0.717, 1.165) is 0 Å². The van der Waals surface area contributed by atoms with Crippen LogP contribution in [0, 0.1) is 5.92 Å². The van der Waals surface area contributed by atoms with E-state index in [1.165, 1.54) is 6.26 Å². The molecule has 1 rings (SSSR count). The van der Waals surface area contributed by atoms with E-state index >= 15 is 0 Å². The largest absolute Gasteiger partial charge is 0.467 e. The lowest BCUT2D eigenvalue weighted by atomic mass is 9.83. The molecule has 4 heteroatoms. The summed E-state index contributed by atoms with van der Waals surface area (Å²) in [5, 5.41) is 0. The highest BCUT2D eigenvalue weighted by atomic mass is 16.3. The van der Waals surface area contributed by atoms with Gasteiger partial charge in [0.05, 0.1) is 6.26 Å². The fraction of sp³-hybridized carbons (Fsp3) is 0.300. The van der Waals surface area contributed by atoms with Crippen molar-refractivity contribution in [3.8, 4) is 0 Å². The summed E-state index contributed by atoms with van der Waals surface area (Å²) in [5.41, 5.74) is 9.87. The van der Waals surface area contributed by atoms with E-state index in [9.17, 15) is 4.79 Å². The highest BCUT2D eigenvalue weighted by Crippen LogP contribution is 2.27. The fourth-order valence-electron chi connectivity index (χ4n) is 1.27. The Balaban J connectivity index is 3.18. The van der Waals surface area contributed by atoms with Gasteiger partial charge in [0.1, 0.15) is 5.76 Å².